The number of benzene rings is 10. The van der Waals surface area contributed by atoms with Crippen LogP contribution in [-0.2, 0) is 5.41 Å². The van der Waals surface area contributed by atoms with Gasteiger partial charge in [-0.2, -0.15) is 0 Å². The topological polar surface area (TPSA) is 16.4 Å². The van der Waals surface area contributed by atoms with Gasteiger partial charge >= 0.3 is 0 Å². The Hall–Kier alpha value is -7.98. The molecule has 298 valence electrons. The molecule has 0 N–H and O–H groups in total. The highest BCUT2D eigenvalue weighted by molar-refractivity contribution is 7.26. The normalized spacial score (nSPS) is 14.6. The molecule has 2 nitrogen and oxygen atoms in total. The predicted molar refractivity (Wildman–Crippen MR) is 268 cm³/mol. The molecule has 2 aliphatic carbocycles. The van der Waals surface area contributed by atoms with E-state index in [0.29, 0.717) is 0 Å². The molecule has 12 aromatic rings. The second kappa shape index (κ2) is 13.5. The monoisotopic (exact) mass is 831 g/mol. The van der Waals surface area contributed by atoms with Gasteiger partial charge < -0.3 is 9.32 Å². The molecule has 2 aliphatic rings. The smallest absolute Gasteiger partial charge is 0.159 e. The zero-order chi connectivity index (χ0) is 41.9. The summed E-state index contributed by atoms with van der Waals surface area (Å²) >= 11 is 1.92. The summed E-state index contributed by atoms with van der Waals surface area (Å²) in [6.45, 7) is 0. The predicted octanol–water partition coefficient (Wildman–Crippen LogP) is 17.1. The average molecular weight is 832 g/mol. The zero-order valence-electron chi connectivity index (χ0n) is 34.6. The molecule has 2 aromatic heterocycles. The summed E-state index contributed by atoms with van der Waals surface area (Å²) in [5.41, 5.74) is 19.3. The molecule has 0 amide bonds. The van der Waals surface area contributed by atoms with Crippen LogP contribution in [0, 0.1) is 0 Å². The quantitative estimate of drug-likeness (QED) is 0.176. The van der Waals surface area contributed by atoms with Crippen molar-refractivity contribution in [3.05, 3.63) is 247 Å². The van der Waals surface area contributed by atoms with Crippen LogP contribution in [0.2, 0.25) is 0 Å². The number of furan rings is 1. The van der Waals surface area contributed by atoms with E-state index in [1.54, 1.807) is 0 Å². The van der Waals surface area contributed by atoms with E-state index in [4.69, 9.17) is 4.42 Å². The number of nitrogens with zero attached hydrogens (tertiary/aromatic N) is 1. The summed E-state index contributed by atoms with van der Waals surface area (Å²) in [6, 6.07) is 82.9. The number of hydrogen-bond acceptors (Lipinski definition) is 3. The molecule has 0 fully saturated rings. The molecule has 1 spiro atoms. The van der Waals surface area contributed by atoms with Gasteiger partial charge in [0.2, 0.25) is 0 Å². The minimum absolute atomic E-state index is 0.606. The van der Waals surface area contributed by atoms with E-state index in [2.05, 4.69) is 229 Å². The van der Waals surface area contributed by atoms with Gasteiger partial charge in [0.25, 0.3) is 0 Å². The first-order chi connectivity index (χ1) is 31.8. The molecule has 0 saturated heterocycles. The van der Waals surface area contributed by atoms with E-state index in [9.17, 15) is 0 Å². The van der Waals surface area contributed by atoms with E-state index in [1.165, 1.54) is 75.8 Å². The minimum atomic E-state index is -0.606. The van der Waals surface area contributed by atoms with Gasteiger partial charge in [0, 0.05) is 47.8 Å². The Morgan fingerprint density at radius 2 is 0.969 bits per heavy atom. The van der Waals surface area contributed by atoms with Gasteiger partial charge in [-0.25, -0.2) is 0 Å². The lowest BCUT2D eigenvalue weighted by molar-refractivity contribution is 0.669. The van der Waals surface area contributed by atoms with Gasteiger partial charge in [0.1, 0.15) is 5.58 Å². The number of para-hydroxylation sites is 3. The van der Waals surface area contributed by atoms with Crippen LogP contribution in [0.4, 0.5) is 17.1 Å². The molecule has 64 heavy (non-hydrogen) atoms. The number of rotatable bonds is 4. The molecule has 3 heteroatoms. The first kappa shape index (κ1) is 35.6. The summed E-state index contributed by atoms with van der Waals surface area (Å²) in [7, 11) is 0. The number of thiophene rings is 1. The van der Waals surface area contributed by atoms with Crippen molar-refractivity contribution in [1.82, 2.24) is 0 Å². The van der Waals surface area contributed by atoms with Gasteiger partial charge in [0.15, 0.2) is 5.58 Å². The number of hydrogen-bond donors (Lipinski definition) is 0. The lowest BCUT2D eigenvalue weighted by Crippen LogP contribution is -2.29. The highest BCUT2D eigenvalue weighted by Crippen LogP contribution is 2.64. The van der Waals surface area contributed by atoms with Crippen molar-refractivity contribution < 1.29 is 4.42 Å². The largest absolute Gasteiger partial charge is 0.454 e. The lowest BCUT2D eigenvalue weighted by Gasteiger charge is -2.36. The van der Waals surface area contributed by atoms with E-state index in [-0.39, 0.29) is 0 Å². The highest BCUT2D eigenvalue weighted by atomic mass is 32.1. The van der Waals surface area contributed by atoms with Crippen molar-refractivity contribution in [3.8, 4) is 44.5 Å². The van der Waals surface area contributed by atoms with Crippen LogP contribution in [0.15, 0.2) is 229 Å². The Morgan fingerprint density at radius 3 is 1.81 bits per heavy atom. The number of anilines is 3. The maximum Gasteiger partial charge on any atom is 0.159 e. The maximum atomic E-state index is 6.85. The molecule has 0 bridgehead atoms. The SMILES string of the molecule is c1ccc(-c2ccccc2N(c2ccc3c(c2)-c2ccccc2-c2ccccc2C32c3ccccc3-c3c2ccc2c3sc3ccccc32)c2cccc3c2oc2ccccc23)cc1. The van der Waals surface area contributed by atoms with Crippen molar-refractivity contribution in [2.75, 3.05) is 4.90 Å². The second-order valence-electron chi connectivity index (χ2n) is 17.1. The average Bonchev–Trinajstić information content (AvgIpc) is 4.01. The van der Waals surface area contributed by atoms with E-state index < -0.39 is 5.41 Å². The molecule has 2 heterocycles. The number of fused-ring (bicyclic) bond motifs is 19. The van der Waals surface area contributed by atoms with Crippen LogP contribution in [0.1, 0.15) is 22.3 Å². The van der Waals surface area contributed by atoms with Gasteiger partial charge in [-0.05, 0) is 92.0 Å². The molecule has 1 atom stereocenters. The van der Waals surface area contributed by atoms with Crippen molar-refractivity contribution in [1.29, 1.82) is 0 Å². The van der Waals surface area contributed by atoms with Crippen LogP contribution in [0.5, 0.6) is 0 Å². The van der Waals surface area contributed by atoms with E-state index in [1.807, 2.05) is 11.3 Å². The lowest BCUT2D eigenvalue weighted by atomic mass is 9.66. The Morgan fingerprint density at radius 1 is 0.375 bits per heavy atom. The fourth-order valence-electron chi connectivity index (χ4n) is 11.3. The van der Waals surface area contributed by atoms with Crippen LogP contribution < -0.4 is 4.90 Å². The molecule has 10 aromatic carbocycles. The Balaban J connectivity index is 1.11. The first-order valence-electron chi connectivity index (χ1n) is 22.0. The van der Waals surface area contributed by atoms with Crippen LogP contribution in [0.25, 0.3) is 86.6 Å². The van der Waals surface area contributed by atoms with Gasteiger partial charge in [-0.1, -0.05) is 188 Å². The highest BCUT2D eigenvalue weighted by Gasteiger charge is 2.50. The first-order valence-corrected chi connectivity index (χ1v) is 22.8. The third-order valence-electron chi connectivity index (χ3n) is 13.9. The minimum Gasteiger partial charge on any atom is -0.454 e. The van der Waals surface area contributed by atoms with Crippen molar-refractivity contribution in [2.45, 2.75) is 5.41 Å². The van der Waals surface area contributed by atoms with Crippen LogP contribution >= 0.6 is 11.3 Å². The molecule has 0 saturated carbocycles. The Bertz CT molecular complexity index is 3870. The molecule has 1 unspecified atom stereocenters. The Labute approximate surface area is 374 Å². The zero-order valence-corrected chi connectivity index (χ0v) is 35.4. The maximum absolute atomic E-state index is 6.85. The summed E-state index contributed by atoms with van der Waals surface area (Å²) in [5, 5.41) is 4.84. The fraction of sp³-hybridized carbons (Fsp3) is 0.0164. The van der Waals surface area contributed by atoms with E-state index >= 15 is 0 Å². The van der Waals surface area contributed by atoms with Gasteiger partial charge in [-0.15, -0.1) is 11.3 Å². The summed E-state index contributed by atoms with van der Waals surface area (Å²) in [4.78, 5) is 2.43. The van der Waals surface area contributed by atoms with E-state index in [0.717, 1.165) is 50.1 Å². The van der Waals surface area contributed by atoms with Crippen molar-refractivity contribution in [2.24, 2.45) is 0 Å². The molecule has 14 rings (SSSR count). The second-order valence-corrected chi connectivity index (χ2v) is 18.1. The molecule has 0 aliphatic heterocycles. The summed E-state index contributed by atoms with van der Waals surface area (Å²) < 4.78 is 9.52. The van der Waals surface area contributed by atoms with Crippen molar-refractivity contribution >= 4 is 70.5 Å². The van der Waals surface area contributed by atoms with Gasteiger partial charge in [0.05, 0.1) is 16.8 Å². The standard InChI is InChI=1S/C61H37NOS/c1-2-17-38(18-3-1)40-19-8-13-29-54(40)62(55-30-16-26-46-44-23-9-14-31-56(44)63-59(46)55)39-33-35-52-49(37-39)42-21-5-4-20-41(42)43-22-6-11-27-50(43)61(52)51-28-12-7-25-48(51)58-53(61)36-34-47-45-24-10-15-32-57(45)64-60(47)58/h1-37H. The van der Waals surface area contributed by atoms with Crippen LogP contribution in [-0.4, -0.2) is 0 Å². The Kier molecular flexibility index (Phi) is 7.51. The van der Waals surface area contributed by atoms with Gasteiger partial charge in [-0.3, -0.25) is 0 Å². The third kappa shape index (κ3) is 4.79. The summed E-state index contributed by atoms with van der Waals surface area (Å²) in [6.07, 6.45) is 0. The molecular formula is C61H37NOS. The third-order valence-corrected chi connectivity index (χ3v) is 15.1. The fourth-order valence-corrected chi connectivity index (χ4v) is 12.6. The molecular weight excluding hydrogens is 795 g/mol. The van der Waals surface area contributed by atoms with Crippen LogP contribution in [0.3, 0.4) is 0 Å². The van der Waals surface area contributed by atoms with Crippen molar-refractivity contribution in [3.63, 3.8) is 0 Å². The summed E-state index contributed by atoms with van der Waals surface area (Å²) in [5.74, 6) is 0. The molecule has 0 radical (unpaired) electrons.